The van der Waals surface area contributed by atoms with Gasteiger partial charge >= 0.3 is 5.97 Å². The maximum atomic E-state index is 10.1. The topological polar surface area (TPSA) is 37.3 Å². The number of carboxylic acids is 1. The van der Waals surface area contributed by atoms with Crippen LogP contribution in [0.15, 0.2) is 24.3 Å². The van der Waals surface area contributed by atoms with E-state index in [-0.39, 0.29) is 0 Å². The quantitative estimate of drug-likeness (QED) is 0.341. The van der Waals surface area contributed by atoms with E-state index in [2.05, 4.69) is 13.0 Å². The molecule has 0 aromatic carbocycles. The molecule has 2 nitrogen and oxygen atoms in total. The third kappa shape index (κ3) is 12.9. The lowest BCUT2D eigenvalue weighted by molar-refractivity contribution is -0.131. The summed E-state index contributed by atoms with van der Waals surface area (Å²) in [6.45, 7) is 2.23. The van der Waals surface area contributed by atoms with Crippen LogP contribution in [-0.2, 0) is 4.79 Å². The largest absolute Gasteiger partial charge is 0.478 e. The SMILES string of the molecule is CCCCCCCCC=CCC=CC(=O)O. The minimum absolute atomic E-state index is 0.724. The Hall–Kier alpha value is -1.05. The number of carbonyl (C=O) groups is 1. The molecule has 1 N–H and O–H groups in total. The predicted molar refractivity (Wildman–Crippen MR) is 68.5 cm³/mol. The number of unbranched alkanes of at least 4 members (excludes halogenated alkanes) is 6. The van der Waals surface area contributed by atoms with Crippen molar-refractivity contribution < 1.29 is 9.90 Å². The van der Waals surface area contributed by atoms with E-state index in [1.807, 2.05) is 6.08 Å². The van der Waals surface area contributed by atoms with Crippen LogP contribution >= 0.6 is 0 Å². The second-order valence-corrected chi connectivity index (χ2v) is 4.00. The summed E-state index contributed by atoms with van der Waals surface area (Å²) >= 11 is 0. The summed E-state index contributed by atoms with van der Waals surface area (Å²) in [5.41, 5.74) is 0. The molecule has 0 fully saturated rings. The smallest absolute Gasteiger partial charge is 0.327 e. The van der Waals surface area contributed by atoms with Gasteiger partial charge in [0.1, 0.15) is 0 Å². The summed E-state index contributed by atoms with van der Waals surface area (Å²) in [6.07, 6.45) is 16.8. The second-order valence-electron chi connectivity index (χ2n) is 4.00. The van der Waals surface area contributed by atoms with Crippen LogP contribution < -0.4 is 0 Å². The van der Waals surface area contributed by atoms with Crippen LogP contribution in [0.1, 0.15) is 58.3 Å². The molecule has 0 heterocycles. The zero-order chi connectivity index (χ0) is 12.1. The van der Waals surface area contributed by atoms with Gasteiger partial charge in [0.15, 0.2) is 0 Å². The van der Waals surface area contributed by atoms with Gasteiger partial charge in [-0.1, -0.05) is 57.3 Å². The second kappa shape index (κ2) is 12.0. The molecule has 16 heavy (non-hydrogen) atoms. The van der Waals surface area contributed by atoms with Gasteiger partial charge in [-0.15, -0.1) is 0 Å². The van der Waals surface area contributed by atoms with Crippen LogP contribution in [0.25, 0.3) is 0 Å². The number of aliphatic carboxylic acids is 1. The van der Waals surface area contributed by atoms with Crippen molar-refractivity contribution in [2.24, 2.45) is 0 Å². The zero-order valence-electron chi connectivity index (χ0n) is 10.3. The molecule has 0 aromatic rings. The Bertz CT molecular complexity index is 217. The third-order valence-corrected chi connectivity index (χ3v) is 2.42. The minimum Gasteiger partial charge on any atom is -0.478 e. The summed E-state index contributed by atoms with van der Waals surface area (Å²) < 4.78 is 0. The Labute approximate surface area is 99.1 Å². The third-order valence-electron chi connectivity index (χ3n) is 2.42. The molecule has 0 atom stereocenters. The van der Waals surface area contributed by atoms with Crippen molar-refractivity contribution in [1.29, 1.82) is 0 Å². The van der Waals surface area contributed by atoms with E-state index >= 15 is 0 Å². The summed E-state index contributed by atoms with van der Waals surface area (Å²) in [4.78, 5) is 10.1. The van der Waals surface area contributed by atoms with Gasteiger partial charge in [-0.3, -0.25) is 0 Å². The van der Waals surface area contributed by atoms with Gasteiger partial charge in [0.05, 0.1) is 0 Å². The van der Waals surface area contributed by atoms with Crippen LogP contribution in [0.3, 0.4) is 0 Å². The van der Waals surface area contributed by atoms with Crippen molar-refractivity contribution in [2.45, 2.75) is 58.3 Å². The van der Waals surface area contributed by atoms with Gasteiger partial charge in [0.25, 0.3) is 0 Å². The molecule has 0 amide bonds. The Balaban J connectivity index is 3.18. The van der Waals surface area contributed by atoms with Crippen molar-refractivity contribution in [2.75, 3.05) is 0 Å². The van der Waals surface area contributed by atoms with Gasteiger partial charge in [0, 0.05) is 6.08 Å². The Morgan fingerprint density at radius 3 is 2.38 bits per heavy atom. The van der Waals surface area contributed by atoms with E-state index < -0.39 is 5.97 Å². The standard InChI is InChI=1S/C14H24O2/c1-2-3-4-5-6-7-8-9-10-11-12-13-14(15)16/h9-10,12-13H,2-8,11H2,1H3,(H,15,16). The van der Waals surface area contributed by atoms with Crippen molar-refractivity contribution in [3.05, 3.63) is 24.3 Å². The summed E-state index contributed by atoms with van der Waals surface area (Å²) in [5, 5.41) is 8.35. The molecule has 0 bridgehead atoms. The van der Waals surface area contributed by atoms with Crippen molar-refractivity contribution in [3.63, 3.8) is 0 Å². The van der Waals surface area contributed by atoms with Crippen molar-refractivity contribution in [1.82, 2.24) is 0 Å². The summed E-state index contributed by atoms with van der Waals surface area (Å²) in [6, 6.07) is 0. The van der Waals surface area contributed by atoms with Crippen LogP contribution in [0.4, 0.5) is 0 Å². The molecule has 0 rings (SSSR count). The maximum Gasteiger partial charge on any atom is 0.327 e. The average Bonchev–Trinajstić information content (AvgIpc) is 2.25. The van der Waals surface area contributed by atoms with E-state index in [1.165, 1.54) is 44.6 Å². The molecule has 2 heteroatoms. The van der Waals surface area contributed by atoms with Gasteiger partial charge in [-0.05, 0) is 19.3 Å². The van der Waals surface area contributed by atoms with Gasteiger partial charge in [0.2, 0.25) is 0 Å². The monoisotopic (exact) mass is 224 g/mol. The number of hydrogen-bond acceptors (Lipinski definition) is 1. The molecular weight excluding hydrogens is 200 g/mol. The fourth-order valence-corrected chi connectivity index (χ4v) is 1.50. The van der Waals surface area contributed by atoms with Crippen molar-refractivity contribution >= 4 is 5.97 Å². The number of carboxylic acid groups (broad SMARTS) is 1. The molecule has 0 unspecified atom stereocenters. The van der Waals surface area contributed by atoms with E-state index in [9.17, 15) is 4.79 Å². The fourth-order valence-electron chi connectivity index (χ4n) is 1.50. The number of rotatable bonds is 10. The summed E-state index contributed by atoms with van der Waals surface area (Å²) in [7, 11) is 0. The number of allylic oxidation sites excluding steroid dienone is 3. The molecule has 0 aliphatic carbocycles. The first kappa shape index (κ1) is 14.9. The minimum atomic E-state index is -0.871. The lowest BCUT2D eigenvalue weighted by Gasteiger charge is -1.97. The Morgan fingerprint density at radius 2 is 1.69 bits per heavy atom. The normalized spacial score (nSPS) is 11.6. The Kier molecular flexibility index (Phi) is 11.2. The van der Waals surface area contributed by atoms with Gasteiger partial charge < -0.3 is 5.11 Å². The molecule has 0 radical (unpaired) electrons. The zero-order valence-corrected chi connectivity index (χ0v) is 10.3. The lowest BCUT2D eigenvalue weighted by Crippen LogP contribution is -1.84. The molecule has 0 spiro atoms. The van der Waals surface area contributed by atoms with Crippen LogP contribution in [0.5, 0.6) is 0 Å². The molecule has 92 valence electrons. The van der Waals surface area contributed by atoms with E-state index in [1.54, 1.807) is 6.08 Å². The first-order chi connectivity index (χ1) is 7.77. The predicted octanol–water partition coefficient (Wildman–Crippen LogP) is 4.32. The molecule has 0 aromatic heterocycles. The molecule has 0 saturated carbocycles. The molecule has 0 aliphatic heterocycles. The highest BCUT2D eigenvalue weighted by molar-refractivity contribution is 5.79. The maximum absolute atomic E-state index is 10.1. The van der Waals surface area contributed by atoms with Gasteiger partial charge in [-0.25, -0.2) is 4.79 Å². The highest BCUT2D eigenvalue weighted by atomic mass is 16.4. The highest BCUT2D eigenvalue weighted by Gasteiger charge is 1.87. The van der Waals surface area contributed by atoms with E-state index in [0.717, 1.165) is 12.8 Å². The molecular formula is C14H24O2. The first-order valence-electron chi connectivity index (χ1n) is 6.31. The van der Waals surface area contributed by atoms with Gasteiger partial charge in [-0.2, -0.15) is 0 Å². The fraction of sp³-hybridized carbons (Fsp3) is 0.643. The Morgan fingerprint density at radius 1 is 1.00 bits per heavy atom. The number of hydrogen-bond donors (Lipinski definition) is 1. The summed E-state index contributed by atoms with van der Waals surface area (Å²) in [5.74, 6) is -0.871. The average molecular weight is 224 g/mol. The lowest BCUT2D eigenvalue weighted by atomic mass is 10.1. The van der Waals surface area contributed by atoms with Crippen LogP contribution in [0, 0.1) is 0 Å². The first-order valence-corrected chi connectivity index (χ1v) is 6.31. The van der Waals surface area contributed by atoms with E-state index in [0.29, 0.717) is 0 Å². The van der Waals surface area contributed by atoms with Crippen LogP contribution in [0.2, 0.25) is 0 Å². The molecule has 0 saturated heterocycles. The van der Waals surface area contributed by atoms with Crippen LogP contribution in [-0.4, -0.2) is 11.1 Å². The highest BCUT2D eigenvalue weighted by Crippen LogP contribution is 2.07. The van der Waals surface area contributed by atoms with E-state index in [4.69, 9.17) is 5.11 Å². The van der Waals surface area contributed by atoms with Crippen molar-refractivity contribution in [3.8, 4) is 0 Å². The molecule has 0 aliphatic rings.